The molecule has 5 heteroatoms. The van der Waals surface area contributed by atoms with E-state index < -0.39 is 0 Å². The number of hydrogen-bond acceptors (Lipinski definition) is 2. The molecule has 0 saturated carbocycles. The van der Waals surface area contributed by atoms with E-state index >= 15 is 0 Å². The Morgan fingerprint density at radius 1 is 1.04 bits per heavy atom. The number of hydrogen-bond donors (Lipinski definition) is 2. The van der Waals surface area contributed by atoms with Crippen molar-refractivity contribution in [3.8, 4) is 0 Å². The first-order chi connectivity index (χ1) is 11.7. The molecular formula is C19H18FN2O2+. The maximum atomic E-state index is 12.9. The molecule has 0 radical (unpaired) electrons. The molecule has 0 bridgehead atoms. The first-order valence-corrected chi connectivity index (χ1v) is 7.69. The fourth-order valence-electron chi connectivity index (χ4n) is 2.52. The summed E-state index contributed by atoms with van der Waals surface area (Å²) in [4.78, 5) is 12.1. The molecule has 2 aromatic carbocycles. The van der Waals surface area contributed by atoms with Crippen molar-refractivity contribution in [2.24, 2.45) is 0 Å². The van der Waals surface area contributed by atoms with E-state index in [0.29, 0.717) is 5.69 Å². The van der Waals surface area contributed by atoms with Crippen molar-refractivity contribution in [1.29, 1.82) is 0 Å². The van der Waals surface area contributed by atoms with Crippen molar-refractivity contribution >= 4 is 11.6 Å². The number of benzene rings is 2. The molecule has 1 atom stereocenters. The fraction of sp³-hybridized carbons (Fsp3) is 0.105. The molecule has 0 saturated heterocycles. The van der Waals surface area contributed by atoms with Gasteiger partial charge in [0.25, 0.3) is 5.91 Å². The third-order valence-electron chi connectivity index (χ3n) is 3.68. The first kappa shape index (κ1) is 16.0. The highest BCUT2D eigenvalue weighted by Crippen LogP contribution is 2.18. The first-order valence-electron chi connectivity index (χ1n) is 7.69. The van der Waals surface area contributed by atoms with Crippen molar-refractivity contribution in [3.05, 3.63) is 90.1 Å². The lowest BCUT2D eigenvalue weighted by Gasteiger charge is -2.14. The Morgan fingerprint density at radius 2 is 1.79 bits per heavy atom. The molecule has 3 aromatic rings. The molecule has 0 fully saturated rings. The van der Waals surface area contributed by atoms with Gasteiger partial charge in [0.05, 0.1) is 6.26 Å². The minimum atomic E-state index is -0.332. The van der Waals surface area contributed by atoms with Crippen LogP contribution >= 0.6 is 0 Å². The lowest BCUT2D eigenvalue weighted by molar-refractivity contribution is -0.678. The zero-order valence-electron chi connectivity index (χ0n) is 13.0. The van der Waals surface area contributed by atoms with Gasteiger partial charge in [0, 0.05) is 11.3 Å². The number of nitrogens with two attached hydrogens (primary N) is 1. The summed E-state index contributed by atoms with van der Waals surface area (Å²) in [7, 11) is 0. The number of anilines is 1. The van der Waals surface area contributed by atoms with Crippen molar-refractivity contribution in [2.45, 2.75) is 6.04 Å². The van der Waals surface area contributed by atoms with E-state index in [1.54, 1.807) is 6.26 Å². The highest BCUT2D eigenvalue weighted by molar-refractivity contribution is 5.91. The van der Waals surface area contributed by atoms with Gasteiger partial charge < -0.3 is 15.1 Å². The van der Waals surface area contributed by atoms with Gasteiger partial charge in [-0.15, -0.1) is 0 Å². The predicted molar refractivity (Wildman–Crippen MR) is 88.8 cm³/mol. The van der Waals surface area contributed by atoms with E-state index in [0.717, 1.165) is 11.3 Å². The summed E-state index contributed by atoms with van der Waals surface area (Å²) in [5, 5.41) is 4.66. The van der Waals surface area contributed by atoms with Gasteiger partial charge in [0.1, 0.15) is 5.82 Å². The summed E-state index contributed by atoms with van der Waals surface area (Å²) in [6.07, 6.45) is 1.62. The van der Waals surface area contributed by atoms with Crippen molar-refractivity contribution < 1.29 is 18.9 Å². The molecule has 1 aromatic heterocycles. The molecule has 1 amide bonds. The minimum absolute atomic E-state index is 0.0971. The number of halogens is 1. The van der Waals surface area contributed by atoms with Crippen LogP contribution < -0.4 is 10.6 Å². The molecular weight excluding hydrogens is 307 g/mol. The van der Waals surface area contributed by atoms with Crippen LogP contribution in [0, 0.1) is 5.82 Å². The summed E-state index contributed by atoms with van der Waals surface area (Å²) in [6, 6.07) is 19.2. The SMILES string of the molecule is O=C(C[NH2+][C@@H](c1ccccc1)c1ccco1)Nc1ccc(F)cc1. The number of rotatable bonds is 6. The van der Waals surface area contributed by atoms with Gasteiger partial charge in [-0.25, -0.2) is 4.39 Å². The highest BCUT2D eigenvalue weighted by atomic mass is 19.1. The Morgan fingerprint density at radius 3 is 2.46 bits per heavy atom. The second-order valence-corrected chi connectivity index (χ2v) is 5.40. The number of amides is 1. The average molecular weight is 325 g/mol. The van der Waals surface area contributed by atoms with E-state index in [-0.39, 0.29) is 24.3 Å². The molecule has 0 unspecified atom stereocenters. The molecule has 24 heavy (non-hydrogen) atoms. The summed E-state index contributed by atoms with van der Waals surface area (Å²) < 4.78 is 18.4. The molecule has 0 aliphatic heterocycles. The van der Waals surface area contributed by atoms with E-state index in [9.17, 15) is 9.18 Å². The van der Waals surface area contributed by atoms with Crippen molar-refractivity contribution in [2.75, 3.05) is 11.9 Å². The van der Waals surface area contributed by atoms with Crippen LogP contribution in [0.15, 0.2) is 77.4 Å². The normalized spacial score (nSPS) is 11.9. The van der Waals surface area contributed by atoms with Gasteiger partial charge in [0.15, 0.2) is 18.3 Å². The number of carbonyl (C=O) groups excluding carboxylic acids is 1. The van der Waals surface area contributed by atoms with Crippen LogP contribution in [0.2, 0.25) is 0 Å². The van der Waals surface area contributed by atoms with E-state index in [1.807, 2.05) is 47.8 Å². The Kier molecular flexibility index (Phi) is 5.03. The summed E-state index contributed by atoms with van der Waals surface area (Å²) >= 11 is 0. The number of nitrogens with one attached hydrogen (secondary N) is 1. The van der Waals surface area contributed by atoms with E-state index in [4.69, 9.17) is 4.42 Å². The van der Waals surface area contributed by atoms with Crippen LogP contribution in [0.4, 0.5) is 10.1 Å². The molecule has 1 heterocycles. The van der Waals surface area contributed by atoms with Gasteiger partial charge in [-0.3, -0.25) is 4.79 Å². The molecule has 0 aliphatic rings. The second kappa shape index (κ2) is 7.57. The Hall–Kier alpha value is -2.92. The Labute approximate surface area is 139 Å². The maximum Gasteiger partial charge on any atom is 0.279 e. The zero-order valence-corrected chi connectivity index (χ0v) is 13.0. The lowest BCUT2D eigenvalue weighted by atomic mass is 10.0. The van der Waals surface area contributed by atoms with Crippen LogP contribution in [0.1, 0.15) is 17.4 Å². The van der Waals surface area contributed by atoms with Crippen LogP contribution in [0.25, 0.3) is 0 Å². The third kappa shape index (κ3) is 4.08. The van der Waals surface area contributed by atoms with Crippen molar-refractivity contribution in [1.82, 2.24) is 0 Å². The molecule has 3 N–H and O–H groups in total. The van der Waals surface area contributed by atoms with Crippen LogP contribution in [0.3, 0.4) is 0 Å². The monoisotopic (exact) mass is 325 g/mol. The molecule has 4 nitrogen and oxygen atoms in total. The second-order valence-electron chi connectivity index (χ2n) is 5.40. The van der Waals surface area contributed by atoms with Crippen LogP contribution in [-0.4, -0.2) is 12.5 Å². The standard InChI is InChI=1S/C19H17FN2O2/c20-15-8-10-16(11-9-15)22-18(23)13-21-19(17-7-4-12-24-17)14-5-2-1-3-6-14/h1-12,19,21H,13H2,(H,22,23)/p+1/t19-/m0/s1. The Balaban J connectivity index is 1.65. The van der Waals surface area contributed by atoms with E-state index in [1.165, 1.54) is 24.3 Å². The summed E-state index contributed by atoms with van der Waals surface area (Å²) in [6.45, 7) is 0.220. The molecule has 0 aliphatic carbocycles. The van der Waals surface area contributed by atoms with Gasteiger partial charge in [-0.1, -0.05) is 30.3 Å². The zero-order chi connectivity index (χ0) is 16.8. The quantitative estimate of drug-likeness (QED) is 0.732. The topological polar surface area (TPSA) is 58.9 Å². The van der Waals surface area contributed by atoms with E-state index in [2.05, 4.69) is 5.32 Å². The van der Waals surface area contributed by atoms with Gasteiger partial charge in [-0.2, -0.15) is 0 Å². The van der Waals surface area contributed by atoms with Crippen LogP contribution in [-0.2, 0) is 4.79 Å². The number of carbonyl (C=O) groups is 1. The molecule has 3 rings (SSSR count). The fourth-order valence-corrected chi connectivity index (χ4v) is 2.52. The average Bonchev–Trinajstić information content (AvgIpc) is 3.12. The predicted octanol–water partition coefficient (Wildman–Crippen LogP) is 2.71. The maximum absolute atomic E-state index is 12.9. The van der Waals surface area contributed by atoms with Gasteiger partial charge >= 0.3 is 0 Å². The minimum Gasteiger partial charge on any atom is -0.463 e. The van der Waals surface area contributed by atoms with Crippen molar-refractivity contribution in [3.63, 3.8) is 0 Å². The lowest BCUT2D eigenvalue weighted by Crippen LogP contribution is -2.87. The van der Waals surface area contributed by atoms with Gasteiger partial charge in [0.2, 0.25) is 0 Å². The molecule has 0 spiro atoms. The van der Waals surface area contributed by atoms with Gasteiger partial charge in [-0.05, 0) is 36.4 Å². The number of quaternary nitrogens is 1. The number of furan rings is 1. The summed E-state index contributed by atoms with van der Waals surface area (Å²) in [5.41, 5.74) is 1.63. The largest absolute Gasteiger partial charge is 0.463 e. The highest BCUT2D eigenvalue weighted by Gasteiger charge is 2.21. The smallest absolute Gasteiger partial charge is 0.279 e. The summed E-state index contributed by atoms with van der Waals surface area (Å²) in [5.74, 6) is 0.298. The Bertz CT molecular complexity index is 771. The third-order valence-corrected chi connectivity index (χ3v) is 3.68. The molecule has 122 valence electrons. The van der Waals surface area contributed by atoms with Crippen LogP contribution in [0.5, 0.6) is 0 Å².